The van der Waals surface area contributed by atoms with Crippen molar-refractivity contribution in [1.29, 1.82) is 0 Å². The maximum Gasteiger partial charge on any atom is 0.251 e. The molecule has 2 unspecified atom stereocenters. The van der Waals surface area contributed by atoms with Gasteiger partial charge in [0, 0.05) is 31.5 Å². The average Bonchev–Trinajstić information content (AvgIpc) is 2.64. The van der Waals surface area contributed by atoms with Crippen molar-refractivity contribution in [2.75, 3.05) is 27.7 Å². The Morgan fingerprint density at radius 2 is 2.04 bits per heavy atom. The summed E-state index contributed by atoms with van der Waals surface area (Å²) in [6.45, 7) is 0.718. The molecule has 4 nitrogen and oxygen atoms in total. The molecule has 0 spiro atoms. The van der Waals surface area contributed by atoms with Gasteiger partial charge < -0.3 is 15.3 Å². The Kier molecular flexibility index (Phi) is 5.63. The zero-order chi connectivity index (χ0) is 19.6. The highest BCUT2D eigenvalue weighted by Gasteiger charge is 2.43. The Morgan fingerprint density at radius 1 is 1.30 bits per heavy atom. The van der Waals surface area contributed by atoms with E-state index in [0.717, 1.165) is 30.5 Å². The van der Waals surface area contributed by atoms with Crippen LogP contribution in [0.15, 0.2) is 42.5 Å². The first-order valence-corrected chi connectivity index (χ1v) is 9.31. The van der Waals surface area contributed by atoms with Crippen LogP contribution in [0.4, 0.5) is 4.39 Å². The predicted octanol–water partition coefficient (Wildman–Crippen LogP) is 2.74. The largest absolute Gasteiger partial charge is 0.384 e. The van der Waals surface area contributed by atoms with Gasteiger partial charge in [0.15, 0.2) is 0 Å². The lowest BCUT2D eigenvalue weighted by Crippen LogP contribution is -2.46. The second kappa shape index (κ2) is 7.79. The molecule has 0 saturated carbocycles. The van der Waals surface area contributed by atoms with E-state index in [1.807, 2.05) is 38.4 Å². The van der Waals surface area contributed by atoms with Crippen LogP contribution in [0.25, 0.3) is 0 Å². The maximum atomic E-state index is 14.0. The van der Waals surface area contributed by atoms with Crippen molar-refractivity contribution < 1.29 is 14.3 Å². The number of fused-ring (bicyclic) bond motifs is 1. The van der Waals surface area contributed by atoms with E-state index in [1.165, 1.54) is 18.2 Å². The summed E-state index contributed by atoms with van der Waals surface area (Å²) in [5.41, 5.74) is 1.77. The van der Waals surface area contributed by atoms with E-state index in [1.54, 1.807) is 7.05 Å². The molecule has 0 aliphatic heterocycles. The van der Waals surface area contributed by atoms with Crippen LogP contribution in [0.2, 0.25) is 0 Å². The number of aliphatic hydroxyl groups is 1. The molecule has 3 rings (SSSR count). The van der Waals surface area contributed by atoms with Gasteiger partial charge in [-0.15, -0.1) is 0 Å². The van der Waals surface area contributed by atoms with Crippen molar-refractivity contribution in [3.05, 3.63) is 70.5 Å². The standard InChI is InChI=1S/C22H27FN2O2/c1-24-21(26)19-11-10-18(23)12-16(19)13-22(27)17(14-25(2)3)9-8-15-6-4-5-7-20(15)22/h4-7,10-12,17,27H,8-9,13-14H2,1-3H3,(H,24,26). The fourth-order valence-electron chi connectivity index (χ4n) is 4.23. The van der Waals surface area contributed by atoms with Crippen LogP contribution in [0, 0.1) is 11.7 Å². The highest BCUT2D eigenvalue weighted by atomic mass is 19.1. The van der Waals surface area contributed by atoms with Crippen molar-refractivity contribution >= 4 is 5.91 Å². The SMILES string of the molecule is CNC(=O)c1ccc(F)cc1CC1(O)c2ccccc2CCC1CN(C)C. The van der Waals surface area contributed by atoms with Gasteiger partial charge in [0.1, 0.15) is 5.82 Å². The second-order valence-corrected chi connectivity index (χ2v) is 7.64. The zero-order valence-electron chi connectivity index (χ0n) is 16.1. The summed E-state index contributed by atoms with van der Waals surface area (Å²) in [6, 6.07) is 12.0. The minimum Gasteiger partial charge on any atom is -0.384 e. The topological polar surface area (TPSA) is 52.6 Å². The smallest absolute Gasteiger partial charge is 0.251 e. The Labute approximate surface area is 160 Å². The Balaban J connectivity index is 2.09. The number of amides is 1. The molecule has 0 fully saturated rings. The van der Waals surface area contributed by atoms with E-state index in [-0.39, 0.29) is 18.2 Å². The Hall–Kier alpha value is -2.24. The number of nitrogens with zero attached hydrogens (tertiary/aromatic N) is 1. The van der Waals surface area contributed by atoms with Gasteiger partial charge in [-0.25, -0.2) is 4.39 Å². The summed E-state index contributed by atoms with van der Waals surface area (Å²) in [6.07, 6.45) is 1.95. The van der Waals surface area contributed by atoms with Gasteiger partial charge in [-0.2, -0.15) is 0 Å². The van der Waals surface area contributed by atoms with Crippen LogP contribution in [0.5, 0.6) is 0 Å². The number of carbonyl (C=O) groups excluding carboxylic acids is 1. The number of halogens is 1. The van der Waals surface area contributed by atoms with Gasteiger partial charge >= 0.3 is 0 Å². The highest BCUT2D eigenvalue weighted by Crippen LogP contribution is 2.42. The lowest BCUT2D eigenvalue weighted by Gasteiger charge is -2.43. The number of benzene rings is 2. The normalized spacial score (nSPS) is 21.8. The molecule has 1 aliphatic rings. The molecule has 27 heavy (non-hydrogen) atoms. The van der Waals surface area contributed by atoms with Crippen LogP contribution in [-0.4, -0.2) is 43.6 Å². The third-order valence-electron chi connectivity index (χ3n) is 5.51. The summed E-state index contributed by atoms with van der Waals surface area (Å²) in [5, 5.41) is 14.5. The van der Waals surface area contributed by atoms with Gasteiger partial charge in [-0.1, -0.05) is 24.3 Å². The number of aryl methyl sites for hydroxylation is 1. The fourth-order valence-corrected chi connectivity index (χ4v) is 4.23. The molecular weight excluding hydrogens is 343 g/mol. The van der Waals surface area contributed by atoms with Crippen LogP contribution in [-0.2, 0) is 18.4 Å². The molecule has 1 amide bonds. The molecule has 2 N–H and O–H groups in total. The van der Waals surface area contributed by atoms with Gasteiger partial charge in [0.25, 0.3) is 5.91 Å². The monoisotopic (exact) mass is 370 g/mol. The quantitative estimate of drug-likeness (QED) is 0.851. The lowest BCUT2D eigenvalue weighted by atomic mass is 9.68. The second-order valence-electron chi connectivity index (χ2n) is 7.64. The summed E-state index contributed by atoms with van der Waals surface area (Å²) < 4.78 is 14.0. The molecular formula is C22H27FN2O2. The van der Waals surface area contributed by atoms with Gasteiger partial charge in [0.05, 0.1) is 5.60 Å². The van der Waals surface area contributed by atoms with Gasteiger partial charge in [-0.05, 0) is 61.8 Å². The van der Waals surface area contributed by atoms with E-state index < -0.39 is 11.4 Å². The molecule has 2 aromatic carbocycles. The molecule has 0 bridgehead atoms. The van der Waals surface area contributed by atoms with Crippen molar-refractivity contribution in [3.8, 4) is 0 Å². The Morgan fingerprint density at radius 3 is 2.74 bits per heavy atom. The number of nitrogens with one attached hydrogen (secondary N) is 1. The average molecular weight is 370 g/mol. The molecule has 2 aromatic rings. The van der Waals surface area contributed by atoms with Gasteiger partial charge in [0.2, 0.25) is 0 Å². The number of rotatable bonds is 5. The lowest BCUT2D eigenvalue weighted by molar-refractivity contribution is -0.0435. The molecule has 144 valence electrons. The maximum absolute atomic E-state index is 14.0. The van der Waals surface area contributed by atoms with E-state index in [4.69, 9.17) is 0 Å². The van der Waals surface area contributed by atoms with Crippen LogP contribution in [0.1, 0.15) is 33.5 Å². The molecule has 0 saturated heterocycles. The van der Waals surface area contributed by atoms with Crippen molar-refractivity contribution in [2.45, 2.75) is 24.9 Å². The minimum absolute atomic E-state index is 0.0109. The molecule has 1 aliphatic carbocycles. The van der Waals surface area contributed by atoms with Crippen molar-refractivity contribution in [1.82, 2.24) is 10.2 Å². The first-order valence-electron chi connectivity index (χ1n) is 9.31. The van der Waals surface area contributed by atoms with E-state index >= 15 is 0 Å². The molecule has 2 atom stereocenters. The van der Waals surface area contributed by atoms with Crippen molar-refractivity contribution in [3.63, 3.8) is 0 Å². The van der Waals surface area contributed by atoms with E-state index in [0.29, 0.717) is 11.1 Å². The molecule has 0 aromatic heterocycles. The van der Waals surface area contributed by atoms with E-state index in [9.17, 15) is 14.3 Å². The molecule has 5 heteroatoms. The third kappa shape index (κ3) is 3.89. The first-order chi connectivity index (χ1) is 12.8. The number of hydrogen-bond acceptors (Lipinski definition) is 3. The summed E-state index contributed by atoms with van der Waals surface area (Å²) >= 11 is 0. The number of carbonyl (C=O) groups is 1. The molecule has 0 radical (unpaired) electrons. The summed E-state index contributed by atoms with van der Waals surface area (Å²) in [4.78, 5) is 14.3. The predicted molar refractivity (Wildman–Crippen MR) is 104 cm³/mol. The zero-order valence-corrected chi connectivity index (χ0v) is 16.1. The van der Waals surface area contributed by atoms with Crippen LogP contribution >= 0.6 is 0 Å². The van der Waals surface area contributed by atoms with Crippen molar-refractivity contribution in [2.24, 2.45) is 5.92 Å². The number of hydrogen-bond donors (Lipinski definition) is 2. The van der Waals surface area contributed by atoms with Crippen LogP contribution < -0.4 is 5.32 Å². The minimum atomic E-state index is -1.16. The molecule has 0 heterocycles. The Bertz CT molecular complexity index is 837. The highest BCUT2D eigenvalue weighted by molar-refractivity contribution is 5.95. The third-order valence-corrected chi connectivity index (χ3v) is 5.51. The summed E-state index contributed by atoms with van der Waals surface area (Å²) in [5.74, 6) is -0.695. The fraction of sp³-hybridized carbons (Fsp3) is 0.409. The van der Waals surface area contributed by atoms with E-state index in [2.05, 4.69) is 10.2 Å². The van der Waals surface area contributed by atoms with Gasteiger partial charge in [-0.3, -0.25) is 4.79 Å². The first kappa shape index (κ1) is 19.5. The van der Waals surface area contributed by atoms with Crippen LogP contribution in [0.3, 0.4) is 0 Å². The summed E-state index contributed by atoms with van der Waals surface area (Å²) in [7, 11) is 5.52.